The lowest BCUT2D eigenvalue weighted by atomic mass is 10.1. The fourth-order valence-corrected chi connectivity index (χ4v) is 1.32. The van der Waals surface area contributed by atoms with Crippen LogP contribution in [0, 0.1) is 0 Å². The summed E-state index contributed by atoms with van der Waals surface area (Å²) in [7, 11) is 0. The molecule has 0 aliphatic rings. The van der Waals surface area contributed by atoms with Gasteiger partial charge in [-0.25, -0.2) is 0 Å². The first kappa shape index (κ1) is 14.0. The van der Waals surface area contributed by atoms with Crippen molar-refractivity contribution in [3.63, 3.8) is 0 Å². The Morgan fingerprint density at radius 3 is 2.50 bits per heavy atom. The Morgan fingerprint density at radius 2 is 1.83 bits per heavy atom. The second-order valence-corrected chi connectivity index (χ2v) is 3.74. The molecule has 0 aliphatic heterocycles. The van der Waals surface area contributed by atoms with Crippen molar-refractivity contribution in [1.82, 2.24) is 0 Å². The van der Waals surface area contributed by atoms with Gasteiger partial charge in [0.15, 0.2) is 0 Å². The van der Waals surface area contributed by atoms with E-state index < -0.39 is 11.9 Å². The number of rotatable bonds is 7. The summed E-state index contributed by atoms with van der Waals surface area (Å²) in [6.07, 6.45) is 4.19. The smallest absolute Gasteiger partial charge is 0.306 e. The molecule has 0 aliphatic carbocycles. The topological polar surface area (TPSA) is 63.6 Å². The van der Waals surface area contributed by atoms with Crippen molar-refractivity contribution in [2.75, 3.05) is 6.61 Å². The van der Waals surface area contributed by atoms with E-state index in [1.54, 1.807) is 6.08 Å². The SMILES string of the molecule is O=C(O)CCC(=O)OCC=CCc1ccccc1. The molecule has 1 N–H and O–H groups in total. The Hall–Kier alpha value is -2.10. The van der Waals surface area contributed by atoms with Gasteiger partial charge in [0.25, 0.3) is 0 Å². The Bertz CT molecular complexity index is 409. The minimum atomic E-state index is -0.994. The molecule has 4 nitrogen and oxygen atoms in total. The third kappa shape index (κ3) is 6.48. The van der Waals surface area contributed by atoms with E-state index in [0.717, 1.165) is 6.42 Å². The van der Waals surface area contributed by atoms with Gasteiger partial charge in [0.1, 0.15) is 6.61 Å². The zero-order valence-electron chi connectivity index (χ0n) is 10.0. The van der Waals surface area contributed by atoms with E-state index in [2.05, 4.69) is 0 Å². The molecule has 0 atom stereocenters. The highest BCUT2D eigenvalue weighted by atomic mass is 16.5. The molecule has 1 aromatic rings. The number of carbonyl (C=O) groups is 2. The van der Waals surface area contributed by atoms with Crippen molar-refractivity contribution in [1.29, 1.82) is 0 Å². The number of esters is 1. The van der Waals surface area contributed by atoms with Crippen LogP contribution in [0.15, 0.2) is 42.5 Å². The van der Waals surface area contributed by atoms with Gasteiger partial charge in [0.2, 0.25) is 0 Å². The summed E-state index contributed by atoms with van der Waals surface area (Å²) in [5, 5.41) is 8.38. The summed E-state index contributed by atoms with van der Waals surface area (Å²) in [6, 6.07) is 9.92. The number of carbonyl (C=O) groups excluding carboxylic acids is 1. The van der Waals surface area contributed by atoms with Gasteiger partial charge in [-0.15, -0.1) is 0 Å². The summed E-state index contributed by atoms with van der Waals surface area (Å²) < 4.78 is 4.84. The van der Waals surface area contributed by atoms with E-state index in [4.69, 9.17) is 9.84 Å². The predicted octanol–water partition coefficient (Wildman–Crippen LogP) is 2.19. The van der Waals surface area contributed by atoms with Crippen LogP contribution in [0.2, 0.25) is 0 Å². The van der Waals surface area contributed by atoms with Gasteiger partial charge < -0.3 is 9.84 Å². The lowest BCUT2D eigenvalue weighted by Gasteiger charge is -1.99. The minimum Gasteiger partial charge on any atom is -0.481 e. The molecular formula is C14H16O4. The van der Waals surface area contributed by atoms with Gasteiger partial charge in [0.05, 0.1) is 12.8 Å². The largest absolute Gasteiger partial charge is 0.481 e. The van der Waals surface area contributed by atoms with Gasteiger partial charge >= 0.3 is 11.9 Å². The summed E-state index contributed by atoms with van der Waals surface area (Å²) in [5.41, 5.74) is 1.19. The molecule has 0 fully saturated rings. The van der Waals surface area contributed by atoms with Crippen LogP contribution in [0.25, 0.3) is 0 Å². The fraction of sp³-hybridized carbons (Fsp3) is 0.286. The number of allylic oxidation sites excluding steroid dienone is 1. The molecule has 0 spiro atoms. The van der Waals surface area contributed by atoms with Crippen LogP contribution in [-0.2, 0) is 20.7 Å². The van der Waals surface area contributed by atoms with Crippen LogP contribution in [0.5, 0.6) is 0 Å². The van der Waals surface area contributed by atoms with Crippen molar-refractivity contribution in [2.24, 2.45) is 0 Å². The minimum absolute atomic E-state index is 0.0815. The first-order chi connectivity index (χ1) is 8.68. The molecule has 96 valence electrons. The summed E-state index contributed by atoms with van der Waals surface area (Å²) in [4.78, 5) is 21.3. The first-order valence-corrected chi connectivity index (χ1v) is 5.75. The summed E-state index contributed by atoms with van der Waals surface area (Å²) in [6.45, 7) is 0.186. The van der Waals surface area contributed by atoms with Crippen molar-refractivity contribution < 1.29 is 19.4 Å². The first-order valence-electron chi connectivity index (χ1n) is 5.75. The molecular weight excluding hydrogens is 232 g/mol. The molecule has 0 radical (unpaired) electrons. The average molecular weight is 248 g/mol. The standard InChI is InChI=1S/C14H16O4/c15-13(16)9-10-14(17)18-11-5-4-8-12-6-2-1-3-7-12/h1-7H,8-11H2,(H,15,16). The van der Waals surface area contributed by atoms with Crippen molar-refractivity contribution >= 4 is 11.9 Å². The molecule has 1 rings (SSSR count). The highest BCUT2D eigenvalue weighted by molar-refractivity contribution is 5.76. The van der Waals surface area contributed by atoms with Crippen LogP contribution in [0.3, 0.4) is 0 Å². The highest BCUT2D eigenvalue weighted by Gasteiger charge is 2.04. The summed E-state index contributed by atoms with van der Waals surface area (Å²) in [5.74, 6) is -1.48. The van der Waals surface area contributed by atoms with Crippen LogP contribution < -0.4 is 0 Å². The highest BCUT2D eigenvalue weighted by Crippen LogP contribution is 2.00. The number of ether oxygens (including phenoxy) is 1. The van der Waals surface area contributed by atoms with Crippen molar-refractivity contribution in [2.45, 2.75) is 19.3 Å². The second-order valence-electron chi connectivity index (χ2n) is 3.74. The summed E-state index contributed by atoms with van der Waals surface area (Å²) >= 11 is 0. The molecule has 4 heteroatoms. The zero-order chi connectivity index (χ0) is 13.2. The monoisotopic (exact) mass is 248 g/mol. The third-order valence-electron chi connectivity index (χ3n) is 2.25. The van der Waals surface area contributed by atoms with Gasteiger partial charge in [-0.1, -0.05) is 42.5 Å². The zero-order valence-corrected chi connectivity index (χ0v) is 10.0. The lowest BCUT2D eigenvalue weighted by molar-refractivity contribution is -0.146. The van der Waals surface area contributed by atoms with Crippen molar-refractivity contribution in [3.05, 3.63) is 48.0 Å². The van der Waals surface area contributed by atoms with Gasteiger partial charge in [0, 0.05) is 0 Å². The normalized spacial score (nSPS) is 10.4. The van der Waals surface area contributed by atoms with Gasteiger partial charge in [-0.2, -0.15) is 0 Å². The molecule has 0 saturated carbocycles. The van der Waals surface area contributed by atoms with E-state index in [0.29, 0.717) is 0 Å². The predicted molar refractivity (Wildman–Crippen MR) is 67.1 cm³/mol. The number of aliphatic carboxylic acids is 1. The van der Waals surface area contributed by atoms with E-state index in [9.17, 15) is 9.59 Å². The van der Waals surface area contributed by atoms with Crippen LogP contribution >= 0.6 is 0 Å². The maximum absolute atomic E-state index is 11.1. The molecule has 0 aromatic heterocycles. The number of hydrogen-bond donors (Lipinski definition) is 1. The maximum atomic E-state index is 11.1. The van der Waals surface area contributed by atoms with E-state index in [1.165, 1.54) is 5.56 Å². The molecule has 1 aromatic carbocycles. The van der Waals surface area contributed by atoms with Gasteiger partial charge in [-0.3, -0.25) is 9.59 Å². The van der Waals surface area contributed by atoms with Crippen molar-refractivity contribution in [3.8, 4) is 0 Å². The maximum Gasteiger partial charge on any atom is 0.306 e. The molecule has 0 amide bonds. The van der Waals surface area contributed by atoms with Crippen LogP contribution in [0.1, 0.15) is 18.4 Å². The van der Waals surface area contributed by atoms with Crippen LogP contribution in [-0.4, -0.2) is 23.7 Å². The lowest BCUT2D eigenvalue weighted by Crippen LogP contribution is -2.07. The number of benzene rings is 1. The molecule has 18 heavy (non-hydrogen) atoms. The Labute approximate surface area is 106 Å². The Morgan fingerprint density at radius 1 is 1.11 bits per heavy atom. The van der Waals surface area contributed by atoms with E-state index in [-0.39, 0.29) is 19.4 Å². The van der Waals surface area contributed by atoms with E-state index >= 15 is 0 Å². The molecule has 0 saturated heterocycles. The Kier molecular flexibility index (Phi) is 6.25. The third-order valence-corrected chi connectivity index (χ3v) is 2.25. The van der Waals surface area contributed by atoms with Crippen LogP contribution in [0.4, 0.5) is 0 Å². The van der Waals surface area contributed by atoms with Gasteiger partial charge in [-0.05, 0) is 12.0 Å². The number of carboxylic acid groups (broad SMARTS) is 1. The Balaban J connectivity index is 2.14. The van der Waals surface area contributed by atoms with E-state index in [1.807, 2.05) is 36.4 Å². The number of hydrogen-bond acceptors (Lipinski definition) is 3. The fourth-order valence-electron chi connectivity index (χ4n) is 1.32. The molecule has 0 unspecified atom stereocenters. The molecule has 0 heterocycles. The average Bonchev–Trinajstić information content (AvgIpc) is 2.37. The number of carboxylic acids is 1. The molecule has 0 bridgehead atoms. The quantitative estimate of drug-likeness (QED) is 0.593. The second kappa shape index (κ2) is 8.06.